The summed E-state index contributed by atoms with van der Waals surface area (Å²) in [6.07, 6.45) is 58.4. The van der Waals surface area contributed by atoms with Gasteiger partial charge in [-0.3, -0.25) is 14.4 Å². The minimum atomic E-state index is -0.775. The van der Waals surface area contributed by atoms with Crippen LogP contribution in [-0.2, 0) is 28.6 Å². The van der Waals surface area contributed by atoms with Gasteiger partial charge >= 0.3 is 17.9 Å². The maximum atomic E-state index is 12.8. The quantitative estimate of drug-likeness (QED) is 0.0262. The van der Waals surface area contributed by atoms with E-state index in [1.807, 2.05) is 0 Å². The molecule has 0 rings (SSSR count). The summed E-state index contributed by atoms with van der Waals surface area (Å²) < 4.78 is 16.8. The van der Waals surface area contributed by atoms with Crippen molar-refractivity contribution >= 4 is 17.9 Å². The molecule has 61 heavy (non-hydrogen) atoms. The molecule has 0 aliphatic rings. The molecular formula is C55H100O6. The lowest BCUT2D eigenvalue weighted by molar-refractivity contribution is -0.167. The molecule has 0 saturated carbocycles. The highest BCUT2D eigenvalue weighted by Crippen LogP contribution is 2.16. The Morgan fingerprint density at radius 1 is 0.328 bits per heavy atom. The second-order valence-corrected chi connectivity index (χ2v) is 17.8. The van der Waals surface area contributed by atoms with E-state index in [0.29, 0.717) is 19.3 Å². The highest BCUT2D eigenvalue weighted by atomic mass is 16.6. The van der Waals surface area contributed by atoms with E-state index >= 15 is 0 Å². The summed E-state index contributed by atoms with van der Waals surface area (Å²) in [5.74, 6) is -0.887. The number of allylic oxidation sites excluding steroid dienone is 6. The van der Waals surface area contributed by atoms with Gasteiger partial charge < -0.3 is 14.2 Å². The highest BCUT2D eigenvalue weighted by Gasteiger charge is 2.19. The van der Waals surface area contributed by atoms with Gasteiger partial charge in [0.1, 0.15) is 13.2 Å². The predicted molar refractivity (Wildman–Crippen MR) is 261 cm³/mol. The van der Waals surface area contributed by atoms with E-state index in [-0.39, 0.29) is 31.1 Å². The van der Waals surface area contributed by atoms with Gasteiger partial charge in [0.05, 0.1) is 0 Å². The number of hydrogen-bond donors (Lipinski definition) is 0. The van der Waals surface area contributed by atoms with E-state index in [9.17, 15) is 14.4 Å². The molecule has 0 aliphatic carbocycles. The zero-order chi connectivity index (χ0) is 44.4. The first-order chi connectivity index (χ1) is 30.0. The molecular weight excluding hydrogens is 757 g/mol. The van der Waals surface area contributed by atoms with Crippen LogP contribution in [0.1, 0.15) is 278 Å². The first kappa shape index (κ1) is 58.6. The summed E-state index contributed by atoms with van der Waals surface area (Å²) in [6, 6.07) is 0. The Balaban J connectivity index is 4.32. The standard InChI is InChI=1S/C55H100O6/c1-4-7-10-13-16-19-22-24-26-28-30-31-33-36-39-42-45-48-54(57)60-51-52(50-59-53(56)47-44-41-38-35-21-18-15-12-9-6-3)61-55(58)49-46-43-40-37-34-32-29-27-25-23-20-17-14-11-8-5-2/h15-16,18-19,24,26,52H,4-14,17,20-23,25,27-51H2,1-3H3/b18-15-,19-16-,26-24-. The summed E-state index contributed by atoms with van der Waals surface area (Å²) >= 11 is 0. The number of esters is 3. The molecule has 0 N–H and O–H groups in total. The van der Waals surface area contributed by atoms with Gasteiger partial charge in [-0.2, -0.15) is 0 Å². The third-order valence-corrected chi connectivity index (χ3v) is 11.6. The molecule has 0 aliphatic heterocycles. The minimum Gasteiger partial charge on any atom is -0.462 e. The van der Waals surface area contributed by atoms with Crippen molar-refractivity contribution < 1.29 is 28.6 Å². The van der Waals surface area contributed by atoms with E-state index in [4.69, 9.17) is 14.2 Å². The first-order valence-electron chi connectivity index (χ1n) is 26.5. The summed E-state index contributed by atoms with van der Waals surface area (Å²) in [4.78, 5) is 37.9. The van der Waals surface area contributed by atoms with Crippen LogP contribution in [0.2, 0.25) is 0 Å². The van der Waals surface area contributed by atoms with Crippen molar-refractivity contribution in [3.8, 4) is 0 Å². The molecule has 6 heteroatoms. The number of carbonyl (C=O) groups excluding carboxylic acids is 3. The molecule has 0 spiro atoms. The molecule has 0 amide bonds. The van der Waals surface area contributed by atoms with E-state index < -0.39 is 6.10 Å². The first-order valence-corrected chi connectivity index (χ1v) is 26.5. The average molecular weight is 857 g/mol. The fraction of sp³-hybridized carbons (Fsp3) is 0.836. The van der Waals surface area contributed by atoms with Crippen LogP contribution in [0.3, 0.4) is 0 Å². The van der Waals surface area contributed by atoms with Crippen molar-refractivity contribution in [2.75, 3.05) is 13.2 Å². The van der Waals surface area contributed by atoms with E-state index in [1.54, 1.807) is 0 Å². The number of hydrogen-bond acceptors (Lipinski definition) is 6. The number of ether oxygens (including phenoxy) is 3. The zero-order valence-electron chi connectivity index (χ0n) is 40.7. The van der Waals surface area contributed by atoms with Crippen LogP contribution in [-0.4, -0.2) is 37.2 Å². The summed E-state index contributed by atoms with van der Waals surface area (Å²) in [5, 5.41) is 0. The Kier molecular flexibility index (Phi) is 48.3. The molecule has 0 heterocycles. The van der Waals surface area contributed by atoms with Crippen molar-refractivity contribution in [2.45, 2.75) is 284 Å². The number of carbonyl (C=O) groups is 3. The smallest absolute Gasteiger partial charge is 0.306 e. The van der Waals surface area contributed by atoms with Crippen LogP contribution in [0.5, 0.6) is 0 Å². The van der Waals surface area contributed by atoms with Crippen molar-refractivity contribution in [3.63, 3.8) is 0 Å². The van der Waals surface area contributed by atoms with E-state index in [2.05, 4.69) is 57.2 Å². The van der Waals surface area contributed by atoms with Crippen molar-refractivity contribution in [3.05, 3.63) is 36.5 Å². The number of rotatable bonds is 48. The largest absolute Gasteiger partial charge is 0.462 e. The van der Waals surface area contributed by atoms with E-state index in [0.717, 1.165) is 89.9 Å². The third-order valence-electron chi connectivity index (χ3n) is 11.6. The van der Waals surface area contributed by atoms with Crippen LogP contribution in [0.25, 0.3) is 0 Å². The van der Waals surface area contributed by atoms with Gasteiger partial charge in [0, 0.05) is 19.3 Å². The molecule has 1 unspecified atom stereocenters. The lowest BCUT2D eigenvalue weighted by Gasteiger charge is -2.18. The van der Waals surface area contributed by atoms with Gasteiger partial charge in [0.15, 0.2) is 6.10 Å². The normalized spacial score (nSPS) is 12.2. The van der Waals surface area contributed by atoms with Gasteiger partial charge in [-0.25, -0.2) is 0 Å². The predicted octanol–water partition coefficient (Wildman–Crippen LogP) is 17.3. The second kappa shape index (κ2) is 50.3. The minimum absolute atomic E-state index is 0.0771. The fourth-order valence-electron chi connectivity index (χ4n) is 7.57. The van der Waals surface area contributed by atoms with Gasteiger partial charge in [-0.05, 0) is 70.6 Å². The monoisotopic (exact) mass is 857 g/mol. The van der Waals surface area contributed by atoms with Gasteiger partial charge in [0.2, 0.25) is 0 Å². The van der Waals surface area contributed by atoms with Gasteiger partial charge in [0.25, 0.3) is 0 Å². The molecule has 1 atom stereocenters. The van der Waals surface area contributed by atoms with E-state index in [1.165, 1.54) is 148 Å². The molecule has 0 aromatic carbocycles. The Morgan fingerprint density at radius 3 is 1.00 bits per heavy atom. The molecule has 0 fully saturated rings. The van der Waals surface area contributed by atoms with Gasteiger partial charge in [-0.1, -0.05) is 224 Å². The highest BCUT2D eigenvalue weighted by molar-refractivity contribution is 5.71. The molecule has 356 valence electrons. The van der Waals surface area contributed by atoms with Crippen molar-refractivity contribution in [1.82, 2.24) is 0 Å². The Morgan fingerprint density at radius 2 is 0.607 bits per heavy atom. The van der Waals surface area contributed by atoms with Crippen LogP contribution in [0.15, 0.2) is 36.5 Å². The SMILES string of the molecule is CCCC/C=C\CCCCCCC(=O)OCC(COC(=O)CCCCCCCCC/C=C\C/C=C\CCCCC)OC(=O)CCCCCCCCCCCCCCCCCC. The van der Waals surface area contributed by atoms with Crippen molar-refractivity contribution in [1.29, 1.82) is 0 Å². The molecule has 0 aromatic rings. The Bertz CT molecular complexity index is 1030. The molecule has 0 radical (unpaired) electrons. The maximum absolute atomic E-state index is 12.8. The van der Waals surface area contributed by atoms with Crippen LogP contribution >= 0.6 is 0 Å². The summed E-state index contributed by atoms with van der Waals surface area (Å²) in [5.41, 5.74) is 0. The third kappa shape index (κ3) is 48.5. The number of unbranched alkanes of at least 4 members (excludes halogenated alkanes) is 31. The van der Waals surface area contributed by atoms with Crippen LogP contribution in [0.4, 0.5) is 0 Å². The molecule has 0 saturated heterocycles. The maximum Gasteiger partial charge on any atom is 0.306 e. The zero-order valence-corrected chi connectivity index (χ0v) is 40.7. The van der Waals surface area contributed by atoms with Crippen molar-refractivity contribution in [2.24, 2.45) is 0 Å². The Hall–Kier alpha value is -2.37. The van der Waals surface area contributed by atoms with Crippen LogP contribution < -0.4 is 0 Å². The molecule has 6 nitrogen and oxygen atoms in total. The fourth-order valence-corrected chi connectivity index (χ4v) is 7.57. The van der Waals surface area contributed by atoms with Gasteiger partial charge in [-0.15, -0.1) is 0 Å². The lowest BCUT2D eigenvalue weighted by Crippen LogP contribution is -2.30. The van der Waals surface area contributed by atoms with Crippen LogP contribution in [0, 0.1) is 0 Å². The second-order valence-electron chi connectivity index (χ2n) is 17.8. The Labute approximate surface area is 378 Å². The summed E-state index contributed by atoms with van der Waals surface area (Å²) in [7, 11) is 0. The topological polar surface area (TPSA) is 78.9 Å². The average Bonchev–Trinajstić information content (AvgIpc) is 3.26. The lowest BCUT2D eigenvalue weighted by atomic mass is 10.0. The summed E-state index contributed by atoms with van der Waals surface area (Å²) in [6.45, 7) is 6.58. The molecule has 0 bridgehead atoms. The molecule has 0 aromatic heterocycles.